The summed E-state index contributed by atoms with van der Waals surface area (Å²) < 4.78 is 0. The van der Waals surface area contributed by atoms with Crippen LogP contribution in [0.5, 0.6) is 0 Å². The van der Waals surface area contributed by atoms with Crippen molar-refractivity contribution in [1.82, 2.24) is 15.1 Å². The molecule has 0 bridgehead atoms. The van der Waals surface area contributed by atoms with Gasteiger partial charge >= 0.3 is 6.03 Å². The van der Waals surface area contributed by atoms with Crippen molar-refractivity contribution in [1.29, 1.82) is 0 Å². The predicted molar refractivity (Wildman–Crippen MR) is 79.6 cm³/mol. The smallest absolute Gasteiger partial charge is 0.317 e. The van der Waals surface area contributed by atoms with E-state index in [1.165, 1.54) is 12.8 Å². The highest BCUT2D eigenvalue weighted by Crippen LogP contribution is 2.19. The maximum Gasteiger partial charge on any atom is 0.317 e. The molecule has 20 heavy (non-hydrogen) atoms. The highest BCUT2D eigenvalue weighted by molar-refractivity contribution is 5.74. The van der Waals surface area contributed by atoms with Crippen LogP contribution >= 0.6 is 0 Å². The quantitative estimate of drug-likeness (QED) is 0.795. The Morgan fingerprint density at radius 3 is 2.80 bits per heavy atom. The molecule has 0 saturated carbocycles. The number of amides is 2. The lowest BCUT2D eigenvalue weighted by molar-refractivity contribution is 0.188. The molecule has 2 saturated heterocycles. The number of hydrogen-bond acceptors (Lipinski definition) is 3. The average molecular weight is 283 g/mol. The van der Waals surface area contributed by atoms with Gasteiger partial charge in [0.25, 0.3) is 0 Å². The first-order chi connectivity index (χ1) is 9.60. The molecule has 0 aromatic carbocycles. The molecule has 5 nitrogen and oxygen atoms in total. The number of likely N-dealkylation sites (tertiary alicyclic amines) is 2. The second-order valence-electron chi connectivity index (χ2n) is 6.65. The minimum Gasteiger partial charge on any atom is -0.396 e. The molecular formula is C15H29N3O2. The number of hydrogen-bond donors (Lipinski definition) is 2. The standard InChI is InChI=1S/C15H29N3O2/c1-12(2)9-17-6-3-4-14(17)8-16-15(20)18-7-5-13(10-18)11-19/h12-14,19H,3-11H2,1-2H3,(H,16,20)/t13?,14-/m0/s1. The lowest BCUT2D eigenvalue weighted by Crippen LogP contribution is -2.45. The first-order valence-corrected chi connectivity index (χ1v) is 7.97. The summed E-state index contributed by atoms with van der Waals surface area (Å²) in [5, 5.41) is 12.2. The number of carbonyl (C=O) groups is 1. The molecule has 2 fully saturated rings. The normalized spacial score (nSPS) is 27.5. The van der Waals surface area contributed by atoms with Gasteiger partial charge in [-0.25, -0.2) is 4.79 Å². The lowest BCUT2D eigenvalue weighted by atomic mass is 10.1. The van der Waals surface area contributed by atoms with Gasteiger partial charge < -0.3 is 15.3 Å². The largest absolute Gasteiger partial charge is 0.396 e. The van der Waals surface area contributed by atoms with Crippen LogP contribution in [0.15, 0.2) is 0 Å². The van der Waals surface area contributed by atoms with Crippen molar-refractivity contribution in [3.8, 4) is 0 Å². The Bertz CT molecular complexity index is 322. The molecule has 0 spiro atoms. The van der Waals surface area contributed by atoms with Crippen molar-refractivity contribution in [2.24, 2.45) is 11.8 Å². The lowest BCUT2D eigenvalue weighted by Gasteiger charge is -2.27. The molecule has 0 aromatic rings. The monoisotopic (exact) mass is 283 g/mol. The second-order valence-corrected chi connectivity index (χ2v) is 6.65. The molecule has 0 aliphatic carbocycles. The third kappa shape index (κ3) is 4.09. The maximum atomic E-state index is 12.1. The number of aliphatic hydroxyl groups is 1. The van der Waals surface area contributed by atoms with Crippen LogP contribution in [0.4, 0.5) is 4.79 Å². The molecule has 2 aliphatic rings. The van der Waals surface area contributed by atoms with Crippen LogP contribution in [0.2, 0.25) is 0 Å². The van der Waals surface area contributed by atoms with Crippen LogP contribution in [0.1, 0.15) is 33.1 Å². The molecule has 2 aliphatic heterocycles. The fourth-order valence-electron chi connectivity index (χ4n) is 3.32. The maximum absolute atomic E-state index is 12.1. The minimum absolute atomic E-state index is 0.0392. The zero-order valence-electron chi connectivity index (χ0n) is 12.8. The summed E-state index contributed by atoms with van der Waals surface area (Å²) in [4.78, 5) is 16.4. The predicted octanol–water partition coefficient (Wildman–Crippen LogP) is 1.13. The van der Waals surface area contributed by atoms with Gasteiger partial charge in [-0.2, -0.15) is 0 Å². The van der Waals surface area contributed by atoms with Gasteiger partial charge in [-0.1, -0.05) is 13.8 Å². The highest BCUT2D eigenvalue weighted by atomic mass is 16.3. The Morgan fingerprint density at radius 2 is 2.15 bits per heavy atom. The van der Waals surface area contributed by atoms with Gasteiger partial charge in [0, 0.05) is 44.7 Å². The Labute approximate surface area is 122 Å². The molecule has 1 unspecified atom stereocenters. The fraction of sp³-hybridized carbons (Fsp3) is 0.933. The molecule has 5 heteroatoms. The van der Waals surface area contributed by atoms with Crippen LogP contribution in [0.3, 0.4) is 0 Å². The summed E-state index contributed by atoms with van der Waals surface area (Å²) in [7, 11) is 0. The molecule has 2 heterocycles. The van der Waals surface area contributed by atoms with Crippen molar-refractivity contribution in [3.63, 3.8) is 0 Å². The van der Waals surface area contributed by atoms with Gasteiger partial charge in [0.1, 0.15) is 0 Å². The molecular weight excluding hydrogens is 254 g/mol. The number of rotatable bonds is 5. The van der Waals surface area contributed by atoms with E-state index < -0.39 is 0 Å². The number of carbonyl (C=O) groups excluding carboxylic acids is 1. The number of nitrogens with one attached hydrogen (secondary N) is 1. The summed E-state index contributed by atoms with van der Waals surface area (Å²) in [5.41, 5.74) is 0. The zero-order chi connectivity index (χ0) is 14.5. The van der Waals surface area contributed by atoms with E-state index >= 15 is 0 Å². The average Bonchev–Trinajstić information content (AvgIpc) is 3.04. The summed E-state index contributed by atoms with van der Waals surface area (Å²) in [6.07, 6.45) is 3.35. The molecule has 0 aromatic heterocycles. The highest BCUT2D eigenvalue weighted by Gasteiger charge is 2.28. The fourth-order valence-corrected chi connectivity index (χ4v) is 3.32. The topological polar surface area (TPSA) is 55.8 Å². The second kappa shape index (κ2) is 7.27. The van der Waals surface area contributed by atoms with E-state index in [0.717, 1.165) is 32.6 Å². The molecule has 2 atom stereocenters. The van der Waals surface area contributed by atoms with Gasteiger partial charge in [0.2, 0.25) is 0 Å². The van der Waals surface area contributed by atoms with Crippen molar-refractivity contribution in [3.05, 3.63) is 0 Å². The first-order valence-electron chi connectivity index (χ1n) is 7.97. The van der Waals surface area contributed by atoms with E-state index in [9.17, 15) is 4.79 Å². The van der Waals surface area contributed by atoms with Gasteiger partial charge in [-0.05, 0) is 31.7 Å². The molecule has 2 rings (SSSR count). The van der Waals surface area contributed by atoms with Crippen LogP contribution in [0.25, 0.3) is 0 Å². The summed E-state index contributed by atoms with van der Waals surface area (Å²) in [5.74, 6) is 0.944. The van der Waals surface area contributed by atoms with Crippen molar-refractivity contribution < 1.29 is 9.90 Å². The third-order valence-corrected chi connectivity index (χ3v) is 4.42. The Balaban J connectivity index is 1.73. The van der Waals surface area contributed by atoms with E-state index in [4.69, 9.17) is 5.11 Å². The van der Waals surface area contributed by atoms with Gasteiger partial charge in [0.05, 0.1) is 0 Å². The Morgan fingerprint density at radius 1 is 1.35 bits per heavy atom. The van der Waals surface area contributed by atoms with Crippen LogP contribution in [-0.4, -0.2) is 66.3 Å². The summed E-state index contributed by atoms with van der Waals surface area (Å²) in [6.45, 7) is 9.19. The molecule has 2 amide bonds. The van der Waals surface area contributed by atoms with E-state index in [2.05, 4.69) is 24.1 Å². The Hall–Kier alpha value is -0.810. The summed E-state index contributed by atoms with van der Waals surface area (Å²) >= 11 is 0. The molecule has 0 radical (unpaired) electrons. The Kier molecular flexibility index (Phi) is 5.66. The van der Waals surface area contributed by atoms with E-state index in [-0.39, 0.29) is 18.6 Å². The van der Waals surface area contributed by atoms with Gasteiger partial charge in [0.15, 0.2) is 0 Å². The van der Waals surface area contributed by atoms with E-state index in [1.54, 1.807) is 0 Å². The number of aliphatic hydroxyl groups excluding tert-OH is 1. The van der Waals surface area contributed by atoms with Crippen LogP contribution < -0.4 is 5.32 Å². The van der Waals surface area contributed by atoms with E-state index in [0.29, 0.717) is 18.5 Å². The molecule has 116 valence electrons. The van der Waals surface area contributed by atoms with Gasteiger partial charge in [-0.15, -0.1) is 0 Å². The van der Waals surface area contributed by atoms with Crippen molar-refractivity contribution in [2.75, 3.05) is 39.3 Å². The SMILES string of the molecule is CC(C)CN1CCC[C@H]1CNC(=O)N1CCC(CO)C1. The van der Waals surface area contributed by atoms with Crippen LogP contribution in [-0.2, 0) is 0 Å². The van der Waals surface area contributed by atoms with E-state index in [1.807, 2.05) is 4.90 Å². The van der Waals surface area contributed by atoms with Gasteiger partial charge in [-0.3, -0.25) is 4.90 Å². The third-order valence-electron chi connectivity index (χ3n) is 4.42. The van der Waals surface area contributed by atoms with Crippen molar-refractivity contribution >= 4 is 6.03 Å². The zero-order valence-corrected chi connectivity index (χ0v) is 12.8. The minimum atomic E-state index is 0.0392. The first kappa shape index (κ1) is 15.6. The number of nitrogens with zero attached hydrogens (tertiary/aromatic N) is 2. The molecule has 2 N–H and O–H groups in total. The number of urea groups is 1. The van der Waals surface area contributed by atoms with Crippen LogP contribution in [0, 0.1) is 11.8 Å². The van der Waals surface area contributed by atoms with Crippen molar-refractivity contribution in [2.45, 2.75) is 39.2 Å². The summed E-state index contributed by atoms with van der Waals surface area (Å²) in [6, 6.07) is 0.537.